The molecule has 0 saturated heterocycles. The largest absolute Gasteiger partial charge is 0.482 e. The van der Waals surface area contributed by atoms with E-state index in [2.05, 4.69) is 5.32 Å². The standard InChI is InChI=1S/C16H13Cl2NO2/c1-9-6-11(17)3-4-12(9)16(18)10-2-5-14-13(7-10)19-15(20)8-21-14/h2-7,16H,8H2,1H3,(H,19,20). The van der Waals surface area contributed by atoms with E-state index in [4.69, 9.17) is 27.9 Å². The molecule has 21 heavy (non-hydrogen) atoms. The zero-order valence-electron chi connectivity index (χ0n) is 11.3. The highest BCUT2D eigenvalue weighted by Crippen LogP contribution is 2.37. The Morgan fingerprint density at radius 3 is 2.81 bits per heavy atom. The first-order chi connectivity index (χ1) is 10.0. The third-order valence-corrected chi connectivity index (χ3v) is 4.16. The SMILES string of the molecule is Cc1cc(Cl)ccc1C(Cl)c1ccc2c(c1)NC(=O)CO2. The van der Waals surface area contributed by atoms with Gasteiger partial charge in [0.05, 0.1) is 11.1 Å². The second-order valence-electron chi connectivity index (χ2n) is 4.96. The lowest BCUT2D eigenvalue weighted by Gasteiger charge is -2.20. The fourth-order valence-electron chi connectivity index (χ4n) is 2.36. The van der Waals surface area contributed by atoms with Gasteiger partial charge < -0.3 is 10.1 Å². The Hall–Kier alpha value is -1.71. The number of hydrogen-bond donors (Lipinski definition) is 1. The number of halogens is 2. The van der Waals surface area contributed by atoms with Crippen molar-refractivity contribution in [2.75, 3.05) is 11.9 Å². The number of benzene rings is 2. The van der Waals surface area contributed by atoms with Gasteiger partial charge in [0.15, 0.2) is 6.61 Å². The Morgan fingerprint density at radius 2 is 2.05 bits per heavy atom. The van der Waals surface area contributed by atoms with E-state index in [0.717, 1.165) is 16.7 Å². The maximum absolute atomic E-state index is 11.4. The van der Waals surface area contributed by atoms with Crippen LogP contribution in [0.15, 0.2) is 36.4 Å². The van der Waals surface area contributed by atoms with Gasteiger partial charge in [0, 0.05) is 5.02 Å². The topological polar surface area (TPSA) is 38.3 Å². The van der Waals surface area contributed by atoms with Crippen LogP contribution in [0.1, 0.15) is 22.1 Å². The van der Waals surface area contributed by atoms with Crippen LogP contribution >= 0.6 is 23.2 Å². The molecule has 0 fully saturated rings. The van der Waals surface area contributed by atoms with Crippen LogP contribution in [0.3, 0.4) is 0 Å². The molecule has 1 aliphatic heterocycles. The fourth-order valence-corrected chi connectivity index (χ4v) is 2.97. The number of rotatable bonds is 2. The van der Waals surface area contributed by atoms with Gasteiger partial charge in [0.25, 0.3) is 5.91 Å². The normalized spacial score (nSPS) is 14.9. The number of ether oxygens (including phenoxy) is 1. The van der Waals surface area contributed by atoms with Crippen molar-refractivity contribution < 1.29 is 9.53 Å². The smallest absolute Gasteiger partial charge is 0.262 e. The van der Waals surface area contributed by atoms with Crippen molar-refractivity contribution in [3.63, 3.8) is 0 Å². The van der Waals surface area contributed by atoms with Crippen molar-refractivity contribution in [3.8, 4) is 5.75 Å². The molecule has 3 rings (SSSR count). The van der Waals surface area contributed by atoms with Crippen LogP contribution in [0.25, 0.3) is 0 Å². The van der Waals surface area contributed by atoms with Gasteiger partial charge in [0.1, 0.15) is 5.75 Å². The second kappa shape index (κ2) is 5.58. The van der Waals surface area contributed by atoms with Crippen molar-refractivity contribution in [2.24, 2.45) is 0 Å². The number of nitrogens with one attached hydrogen (secondary N) is 1. The van der Waals surface area contributed by atoms with Crippen LogP contribution < -0.4 is 10.1 Å². The minimum Gasteiger partial charge on any atom is -0.482 e. The summed E-state index contributed by atoms with van der Waals surface area (Å²) in [5.41, 5.74) is 3.57. The summed E-state index contributed by atoms with van der Waals surface area (Å²) >= 11 is 12.5. The molecule has 2 aromatic carbocycles. The van der Waals surface area contributed by atoms with E-state index < -0.39 is 0 Å². The van der Waals surface area contributed by atoms with Crippen LogP contribution in [0, 0.1) is 6.92 Å². The average Bonchev–Trinajstić information content (AvgIpc) is 2.46. The zero-order valence-corrected chi connectivity index (χ0v) is 12.8. The number of carbonyl (C=O) groups excluding carboxylic acids is 1. The van der Waals surface area contributed by atoms with E-state index >= 15 is 0 Å². The molecule has 1 amide bonds. The number of hydrogen-bond acceptors (Lipinski definition) is 2. The second-order valence-corrected chi connectivity index (χ2v) is 5.83. The van der Waals surface area contributed by atoms with Gasteiger partial charge in [-0.1, -0.05) is 23.7 Å². The highest BCUT2D eigenvalue weighted by molar-refractivity contribution is 6.30. The van der Waals surface area contributed by atoms with Crippen molar-refractivity contribution in [3.05, 3.63) is 58.1 Å². The van der Waals surface area contributed by atoms with Gasteiger partial charge in [-0.2, -0.15) is 0 Å². The van der Waals surface area contributed by atoms with E-state index in [0.29, 0.717) is 16.5 Å². The summed E-state index contributed by atoms with van der Waals surface area (Å²) in [5, 5.41) is 3.16. The molecule has 2 aromatic rings. The lowest BCUT2D eigenvalue weighted by molar-refractivity contribution is -0.118. The van der Waals surface area contributed by atoms with Gasteiger partial charge in [0.2, 0.25) is 0 Å². The first-order valence-corrected chi connectivity index (χ1v) is 7.33. The lowest BCUT2D eigenvalue weighted by Crippen LogP contribution is -2.25. The molecule has 1 atom stereocenters. The number of amides is 1. The van der Waals surface area contributed by atoms with E-state index in [9.17, 15) is 4.79 Å². The zero-order chi connectivity index (χ0) is 15.0. The molecule has 0 aromatic heterocycles. The lowest BCUT2D eigenvalue weighted by atomic mass is 9.99. The molecule has 0 aliphatic carbocycles. The Kier molecular flexibility index (Phi) is 3.79. The van der Waals surface area contributed by atoms with Crippen molar-refractivity contribution in [2.45, 2.75) is 12.3 Å². The molecular formula is C16H13Cl2NO2. The number of alkyl halides is 1. The minimum atomic E-state index is -0.314. The van der Waals surface area contributed by atoms with Gasteiger partial charge >= 0.3 is 0 Å². The molecule has 5 heteroatoms. The molecule has 108 valence electrons. The van der Waals surface area contributed by atoms with Gasteiger partial charge in [-0.15, -0.1) is 11.6 Å². The van der Waals surface area contributed by atoms with Crippen LogP contribution in [0.4, 0.5) is 5.69 Å². The van der Waals surface area contributed by atoms with Gasteiger partial charge in [-0.25, -0.2) is 0 Å². The summed E-state index contributed by atoms with van der Waals surface area (Å²) in [6.45, 7) is 2.02. The third kappa shape index (κ3) is 2.85. The van der Waals surface area contributed by atoms with Gasteiger partial charge in [-0.3, -0.25) is 4.79 Å². The number of carbonyl (C=O) groups is 1. The van der Waals surface area contributed by atoms with Crippen molar-refractivity contribution in [1.82, 2.24) is 0 Å². The van der Waals surface area contributed by atoms with E-state index in [1.165, 1.54) is 0 Å². The van der Waals surface area contributed by atoms with Crippen LogP contribution in [-0.4, -0.2) is 12.5 Å². The molecular weight excluding hydrogens is 309 g/mol. The molecule has 1 aliphatic rings. The molecule has 0 radical (unpaired) electrons. The third-order valence-electron chi connectivity index (χ3n) is 3.43. The van der Waals surface area contributed by atoms with Crippen molar-refractivity contribution >= 4 is 34.8 Å². The Morgan fingerprint density at radius 1 is 1.24 bits per heavy atom. The minimum absolute atomic E-state index is 0.0486. The molecule has 1 heterocycles. The van der Waals surface area contributed by atoms with E-state index in [1.54, 1.807) is 0 Å². The van der Waals surface area contributed by atoms with Crippen LogP contribution in [-0.2, 0) is 4.79 Å². The van der Waals surface area contributed by atoms with Crippen molar-refractivity contribution in [1.29, 1.82) is 0 Å². The molecule has 1 N–H and O–H groups in total. The maximum Gasteiger partial charge on any atom is 0.262 e. The average molecular weight is 322 g/mol. The Bertz CT molecular complexity index is 715. The molecule has 1 unspecified atom stereocenters. The van der Waals surface area contributed by atoms with Crippen LogP contribution in [0.5, 0.6) is 5.75 Å². The summed E-state index contributed by atoms with van der Waals surface area (Å²) < 4.78 is 5.34. The predicted molar refractivity (Wildman–Crippen MR) is 84.5 cm³/mol. The fraction of sp³-hybridized carbons (Fsp3) is 0.188. The summed E-state index contributed by atoms with van der Waals surface area (Å²) in [5.74, 6) is 0.503. The summed E-state index contributed by atoms with van der Waals surface area (Å²) in [6, 6.07) is 11.2. The summed E-state index contributed by atoms with van der Waals surface area (Å²) in [4.78, 5) is 11.4. The predicted octanol–water partition coefficient (Wildman–Crippen LogP) is 4.31. The van der Waals surface area contributed by atoms with Crippen LogP contribution in [0.2, 0.25) is 5.02 Å². The summed E-state index contributed by atoms with van der Waals surface area (Å²) in [7, 11) is 0. The monoisotopic (exact) mass is 321 g/mol. The maximum atomic E-state index is 11.4. The van der Waals surface area contributed by atoms with E-state index in [-0.39, 0.29) is 17.9 Å². The molecule has 0 spiro atoms. The highest BCUT2D eigenvalue weighted by atomic mass is 35.5. The first kappa shape index (κ1) is 14.2. The number of fused-ring (bicyclic) bond motifs is 1. The summed E-state index contributed by atoms with van der Waals surface area (Å²) in [6.07, 6.45) is 0. The highest BCUT2D eigenvalue weighted by Gasteiger charge is 2.19. The number of anilines is 1. The first-order valence-electron chi connectivity index (χ1n) is 6.51. The van der Waals surface area contributed by atoms with Gasteiger partial charge in [-0.05, 0) is 47.9 Å². The Balaban J connectivity index is 1.96. The quantitative estimate of drug-likeness (QED) is 0.837. The number of aryl methyl sites for hydroxylation is 1. The molecule has 0 saturated carbocycles. The Labute approximate surface area is 132 Å². The molecule has 0 bridgehead atoms. The van der Waals surface area contributed by atoms with E-state index in [1.807, 2.05) is 43.3 Å². The molecule has 3 nitrogen and oxygen atoms in total.